The van der Waals surface area contributed by atoms with Gasteiger partial charge in [-0.15, -0.1) is 0 Å². The molecule has 1 aliphatic rings. The van der Waals surface area contributed by atoms with Crippen molar-refractivity contribution in [2.24, 2.45) is 17.6 Å². The zero-order chi connectivity index (χ0) is 11.3. The Morgan fingerprint density at radius 2 is 2.27 bits per heavy atom. The lowest BCUT2D eigenvalue weighted by Crippen LogP contribution is -2.48. The second-order valence-corrected chi connectivity index (χ2v) is 5.07. The van der Waals surface area contributed by atoms with E-state index in [4.69, 9.17) is 10.5 Å². The number of nitrogens with two attached hydrogens (primary N) is 1. The first-order chi connectivity index (χ1) is 7.17. The first-order valence-corrected chi connectivity index (χ1v) is 6.10. The molecule has 1 heterocycles. The lowest BCUT2D eigenvalue weighted by atomic mass is 9.91. The monoisotopic (exact) mass is 214 g/mol. The van der Waals surface area contributed by atoms with Crippen LogP contribution in [0.4, 0.5) is 0 Å². The number of ether oxygens (including phenoxy) is 1. The van der Waals surface area contributed by atoms with Gasteiger partial charge in [-0.05, 0) is 31.2 Å². The smallest absolute Gasteiger partial charge is 0.0500 e. The topological polar surface area (TPSA) is 38.5 Å². The zero-order valence-electron chi connectivity index (χ0n) is 10.4. The molecule has 0 saturated carbocycles. The summed E-state index contributed by atoms with van der Waals surface area (Å²) in [5.74, 6) is 1.45. The minimum absolute atomic E-state index is 0.591. The molecule has 1 rings (SSSR count). The highest BCUT2D eigenvalue weighted by atomic mass is 16.5. The van der Waals surface area contributed by atoms with Gasteiger partial charge in [-0.1, -0.05) is 13.8 Å². The summed E-state index contributed by atoms with van der Waals surface area (Å²) in [5.41, 5.74) is 5.83. The van der Waals surface area contributed by atoms with Gasteiger partial charge >= 0.3 is 0 Å². The van der Waals surface area contributed by atoms with E-state index in [1.54, 1.807) is 7.11 Å². The van der Waals surface area contributed by atoms with Crippen molar-refractivity contribution in [1.29, 1.82) is 0 Å². The summed E-state index contributed by atoms with van der Waals surface area (Å²) in [7, 11) is 1.77. The van der Waals surface area contributed by atoms with Crippen molar-refractivity contribution in [3.05, 3.63) is 0 Å². The molecule has 1 saturated heterocycles. The van der Waals surface area contributed by atoms with Crippen LogP contribution in [0.5, 0.6) is 0 Å². The highest BCUT2D eigenvalue weighted by Crippen LogP contribution is 2.22. The van der Waals surface area contributed by atoms with Crippen LogP contribution >= 0.6 is 0 Å². The number of hydrogen-bond acceptors (Lipinski definition) is 3. The number of hydrogen-bond donors (Lipinski definition) is 1. The van der Waals surface area contributed by atoms with Crippen LogP contribution in [-0.4, -0.2) is 44.3 Å². The predicted molar refractivity (Wildman–Crippen MR) is 63.9 cm³/mol. The molecule has 3 nitrogen and oxygen atoms in total. The van der Waals surface area contributed by atoms with Crippen LogP contribution in [0.15, 0.2) is 0 Å². The molecule has 1 fully saturated rings. The zero-order valence-corrected chi connectivity index (χ0v) is 10.4. The molecule has 0 spiro atoms. The van der Waals surface area contributed by atoms with Gasteiger partial charge in [0.15, 0.2) is 0 Å². The molecule has 0 aromatic rings. The van der Waals surface area contributed by atoms with Gasteiger partial charge in [0.2, 0.25) is 0 Å². The van der Waals surface area contributed by atoms with Crippen molar-refractivity contribution in [3.63, 3.8) is 0 Å². The van der Waals surface area contributed by atoms with E-state index >= 15 is 0 Å². The lowest BCUT2D eigenvalue weighted by Gasteiger charge is -2.39. The number of likely N-dealkylation sites (tertiary alicyclic amines) is 1. The molecule has 2 N–H and O–H groups in total. The maximum Gasteiger partial charge on any atom is 0.0500 e. The van der Waals surface area contributed by atoms with E-state index in [0.29, 0.717) is 12.0 Å². The van der Waals surface area contributed by atoms with E-state index in [-0.39, 0.29) is 0 Å². The summed E-state index contributed by atoms with van der Waals surface area (Å²) in [5, 5.41) is 0. The molecule has 90 valence electrons. The largest absolute Gasteiger partial charge is 0.384 e. The Morgan fingerprint density at radius 3 is 2.87 bits per heavy atom. The maximum atomic E-state index is 5.83. The summed E-state index contributed by atoms with van der Waals surface area (Å²) in [4.78, 5) is 2.55. The van der Waals surface area contributed by atoms with Crippen LogP contribution < -0.4 is 5.73 Å². The Labute approximate surface area is 94.0 Å². The summed E-state index contributed by atoms with van der Waals surface area (Å²) >= 11 is 0. The molecule has 0 radical (unpaired) electrons. The van der Waals surface area contributed by atoms with Crippen molar-refractivity contribution >= 4 is 0 Å². The van der Waals surface area contributed by atoms with Gasteiger partial charge < -0.3 is 10.5 Å². The van der Waals surface area contributed by atoms with Crippen LogP contribution in [-0.2, 0) is 4.74 Å². The minimum Gasteiger partial charge on any atom is -0.384 e. The summed E-state index contributed by atoms with van der Waals surface area (Å²) in [6.07, 6.45) is 2.58. The lowest BCUT2D eigenvalue weighted by molar-refractivity contribution is 0.0776. The third kappa shape index (κ3) is 4.09. The quantitative estimate of drug-likeness (QED) is 0.750. The summed E-state index contributed by atoms with van der Waals surface area (Å²) in [6.45, 7) is 8.56. The Hall–Kier alpha value is -0.120. The van der Waals surface area contributed by atoms with E-state index in [1.165, 1.54) is 19.4 Å². The number of nitrogens with zero attached hydrogens (tertiary/aromatic N) is 1. The molecule has 1 aliphatic heterocycles. The first-order valence-electron chi connectivity index (χ1n) is 6.10. The third-order valence-electron chi connectivity index (χ3n) is 3.37. The highest BCUT2D eigenvalue weighted by Gasteiger charge is 2.25. The molecular weight excluding hydrogens is 188 g/mol. The second-order valence-electron chi connectivity index (χ2n) is 5.07. The van der Waals surface area contributed by atoms with Crippen molar-refractivity contribution in [1.82, 2.24) is 4.90 Å². The first kappa shape index (κ1) is 12.9. The van der Waals surface area contributed by atoms with Crippen molar-refractivity contribution in [2.45, 2.75) is 32.7 Å². The average Bonchev–Trinajstić information content (AvgIpc) is 2.21. The van der Waals surface area contributed by atoms with Crippen molar-refractivity contribution in [2.75, 3.05) is 33.4 Å². The van der Waals surface area contributed by atoms with Crippen LogP contribution in [0.3, 0.4) is 0 Å². The van der Waals surface area contributed by atoms with E-state index in [9.17, 15) is 0 Å². The Morgan fingerprint density at radius 1 is 1.53 bits per heavy atom. The van der Waals surface area contributed by atoms with Crippen LogP contribution in [0.2, 0.25) is 0 Å². The van der Waals surface area contributed by atoms with Gasteiger partial charge in [-0.3, -0.25) is 4.90 Å². The maximum absolute atomic E-state index is 5.83. The fourth-order valence-corrected chi connectivity index (χ4v) is 2.52. The van der Waals surface area contributed by atoms with Gasteiger partial charge in [0.1, 0.15) is 0 Å². The van der Waals surface area contributed by atoms with Gasteiger partial charge in [-0.2, -0.15) is 0 Å². The Kier molecular flexibility index (Phi) is 5.58. The Balaban J connectivity index is 2.38. The van der Waals surface area contributed by atoms with Gasteiger partial charge in [0, 0.05) is 32.8 Å². The fourth-order valence-electron chi connectivity index (χ4n) is 2.52. The third-order valence-corrected chi connectivity index (χ3v) is 3.37. The van der Waals surface area contributed by atoms with Gasteiger partial charge in [0.25, 0.3) is 0 Å². The molecule has 0 bridgehead atoms. The molecule has 0 aromatic carbocycles. The molecular formula is C12H26N2O. The Bertz CT molecular complexity index is 175. The SMILES string of the molecule is COCC(C)CN1CCC(C)CC1CN. The van der Waals surface area contributed by atoms with E-state index in [2.05, 4.69) is 18.7 Å². The molecule has 0 aliphatic carbocycles. The standard InChI is InChI=1S/C12H26N2O/c1-10-4-5-14(12(6-10)7-13)8-11(2)9-15-3/h10-12H,4-9,13H2,1-3H3. The van der Waals surface area contributed by atoms with Gasteiger partial charge in [-0.25, -0.2) is 0 Å². The van der Waals surface area contributed by atoms with Gasteiger partial charge in [0.05, 0.1) is 0 Å². The number of piperidine rings is 1. The molecule has 15 heavy (non-hydrogen) atoms. The van der Waals surface area contributed by atoms with Crippen molar-refractivity contribution in [3.8, 4) is 0 Å². The average molecular weight is 214 g/mol. The van der Waals surface area contributed by atoms with E-state index < -0.39 is 0 Å². The van der Waals surface area contributed by atoms with Crippen LogP contribution in [0.25, 0.3) is 0 Å². The number of methoxy groups -OCH3 is 1. The molecule has 0 amide bonds. The molecule has 3 unspecified atom stereocenters. The molecule has 0 aromatic heterocycles. The summed E-state index contributed by atoms with van der Waals surface area (Å²) < 4.78 is 5.18. The summed E-state index contributed by atoms with van der Waals surface area (Å²) in [6, 6.07) is 0.591. The second kappa shape index (κ2) is 6.46. The molecule has 3 atom stereocenters. The van der Waals surface area contributed by atoms with E-state index in [1.807, 2.05) is 0 Å². The highest BCUT2D eigenvalue weighted by molar-refractivity contribution is 4.81. The molecule has 3 heteroatoms. The fraction of sp³-hybridized carbons (Fsp3) is 1.00. The van der Waals surface area contributed by atoms with Crippen LogP contribution in [0.1, 0.15) is 26.7 Å². The van der Waals surface area contributed by atoms with Crippen LogP contribution in [0, 0.1) is 11.8 Å². The van der Waals surface area contributed by atoms with Crippen molar-refractivity contribution < 1.29 is 4.74 Å². The van der Waals surface area contributed by atoms with E-state index in [0.717, 1.165) is 25.6 Å². The normalized spacial score (nSPS) is 30.4. The number of rotatable bonds is 5. The minimum atomic E-state index is 0.591. The predicted octanol–water partition coefficient (Wildman–Crippen LogP) is 1.33.